The largest absolute Gasteiger partial charge is 0.495 e. The molecule has 0 bridgehead atoms. The number of alkyl halides is 3. The topological polar surface area (TPSA) is 202 Å². The first kappa shape index (κ1) is 58.5. The highest BCUT2D eigenvalue weighted by Crippen LogP contribution is 2.33. The summed E-state index contributed by atoms with van der Waals surface area (Å²) in [5.41, 5.74) is 4.94. The van der Waals surface area contributed by atoms with E-state index in [9.17, 15) is 37.5 Å². The zero-order chi connectivity index (χ0) is 58.0. The van der Waals surface area contributed by atoms with E-state index in [0.717, 1.165) is 48.3 Å². The Labute approximate surface area is 474 Å². The molecule has 2 aliphatic rings. The van der Waals surface area contributed by atoms with Gasteiger partial charge in [0.15, 0.2) is 5.52 Å². The van der Waals surface area contributed by atoms with Crippen molar-refractivity contribution in [3.63, 3.8) is 0 Å². The van der Waals surface area contributed by atoms with Crippen molar-refractivity contribution in [1.29, 1.82) is 0 Å². The normalized spacial score (nSPS) is 15.2. The molecule has 0 unspecified atom stereocenters. The molecule has 0 aliphatic carbocycles. The Hall–Kier alpha value is -8.19. The Bertz CT molecular complexity index is 3500. The molecule has 3 aromatic heterocycles. The number of piperidine rings is 2. The molecule has 2 saturated heterocycles. The molecule has 2 fully saturated rings. The van der Waals surface area contributed by atoms with E-state index in [4.69, 9.17) is 9.47 Å². The number of halogens is 3. The molecule has 7 aromatic rings. The van der Waals surface area contributed by atoms with Gasteiger partial charge in [0, 0.05) is 94.4 Å². The number of aromatic nitrogens is 5. The van der Waals surface area contributed by atoms with E-state index in [1.807, 2.05) is 67.6 Å². The van der Waals surface area contributed by atoms with Crippen LogP contribution in [0.5, 0.6) is 5.75 Å². The number of carbonyl (C=O) groups excluding carboxylic acids is 3. The summed E-state index contributed by atoms with van der Waals surface area (Å²) in [4.78, 5) is 60.5. The number of nitrogens with zero attached hydrogens (tertiary/aromatic N) is 7. The molecule has 4 aromatic carbocycles. The number of anilines is 2. The first-order valence-electron chi connectivity index (χ1n) is 27.7. The van der Waals surface area contributed by atoms with Crippen LogP contribution in [0.25, 0.3) is 33.2 Å². The summed E-state index contributed by atoms with van der Waals surface area (Å²) in [5, 5.41) is 29.0. The number of amides is 3. The van der Waals surface area contributed by atoms with Gasteiger partial charge in [-0.1, -0.05) is 73.5 Å². The second kappa shape index (κ2) is 26.2. The van der Waals surface area contributed by atoms with Crippen LogP contribution in [0.15, 0.2) is 108 Å². The number of carbonyl (C=O) groups is 3. The predicted molar refractivity (Wildman–Crippen MR) is 309 cm³/mol. The molecule has 3 amide bonds. The van der Waals surface area contributed by atoms with Crippen LogP contribution < -0.4 is 31.6 Å². The second-order valence-electron chi connectivity index (χ2n) is 21.2. The van der Waals surface area contributed by atoms with Gasteiger partial charge in [0.2, 0.25) is 11.8 Å². The minimum atomic E-state index is -4.47. The minimum Gasteiger partial charge on any atom is -0.495 e. The molecule has 18 nitrogen and oxygen atoms in total. The van der Waals surface area contributed by atoms with Crippen molar-refractivity contribution in [2.24, 2.45) is 7.05 Å². The Morgan fingerprint density at radius 2 is 1.67 bits per heavy atom. The number of nitrogens with one attached hydrogen (secondary N) is 4. The number of likely N-dealkylation sites (tertiary alicyclic amines) is 2. The Morgan fingerprint density at radius 1 is 0.915 bits per heavy atom. The van der Waals surface area contributed by atoms with E-state index in [2.05, 4.69) is 48.1 Å². The summed E-state index contributed by atoms with van der Waals surface area (Å²) < 4.78 is 57.2. The molecular weight excluding hydrogens is 1060 g/mol. The standard InChI is InChI=1S/C61H70F3N11O7/c1-41(43-10-6-5-7-11-43)34-54(77)73-29-24-60(80,25-30-73)38-74-40-68-55-56(59(74)79)70-71(3)57(55)44-17-15-42(16-18-44)37-67-53(76)23-32-82-33-31-72-27-21-46(22-28-72)69-49-13-8-14-51-48(49)36-47(75(51)39-61(62,63)64)12-9-26-66-50-20-19-45(58(78)65-2)35-52(50)81-4/h5-8,10-11,13-20,35-36,40-41,46,66,69,80H,21-34,37-39H2,1-4H3,(H,65,78)(H,67,76)/t41-/m1/s1. The molecular formula is C61H70F3N11O7. The molecule has 82 heavy (non-hydrogen) atoms. The molecule has 21 heteroatoms. The lowest BCUT2D eigenvalue weighted by Gasteiger charge is -2.38. The molecule has 5 N–H and O–H groups in total. The number of fused-ring (bicyclic) bond motifs is 2. The van der Waals surface area contributed by atoms with Crippen molar-refractivity contribution in [2.45, 2.75) is 88.8 Å². The average molecular weight is 1130 g/mol. The van der Waals surface area contributed by atoms with Crippen LogP contribution in [0.3, 0.4) is 0 Å². The SMILES string of the molecule is CNC(=O)c1ccc(NCC#Cc2cc3c(NC4CCN(CCOCCC(=O)NCc5ccc(-c6c7ncn(CC8(O)CCN(C(=O)C[C@@H](C)c9ccccc9)CC8)c(=O)c7nn6C)cc5)CC4)cccc3n2CC(F)(F)F)c(OC)c1. The number of ether oxygens (including phenoxy) is 2. The van der Waals surface area contributed by atoms with Crippen LogP contribution >= 0.6 is 0 Å². The minimum absolute atomic E-state index is 0.0374. The molecule has 2 aliphatic heterocycles. The molecule has 0 radical (unpaired) electrons. The maximum Gasteiger partial charge on any atom is 0.406 e. The van der Waals surface area contributed by atoms with Crippen LogP contribution in [0.2, 0.25) is 0 Å². The quantitative estimate of drug-likeness (QED) is 0.0356. The highest BCUT2D eigenvalue weighted by Gasteiger charge is 2.36. The molecule has 5 heterocycles. The summed E-state index contributed by atoms with van der Waals surface area (Å²) in [6.45, 7) is 5.14. The third-order valence-corrected chi connectivity index (χ3v) is 15.4. The second-order valence-corrected chi connectivity index (χ2v) is 21.2. The number of hydrogen-bond acceptors (Lipinski definition) is 12. The summed E-state index contributed by atoms with van der Waals surface area (Å²) in [6.07, 6.45) is -0.120. The van der Waals surface area contributed by atoms with Crippen LogP contribution in [0.4, 0.5) is 24.5 Å². The third-order valence-electron chi connectivity index (χ3n) is 15.4. The molecule has 0 spiro atoms. The lowest BCUT2D eigenvalue weighted by Crippen LogP contribution is -2.49. The lowest BCUT2D eigenvalue weighted by molar-refractivity contribution is -0.140. The fourth-order valence-electron chi connectivity index (χ4n) is 10.8. The maximum absolute atomic E-state index is 13.9. The first-order chi connectivity index (χ1) is 39.5. The van der Waals surface area contributed by atoms with Crippen molar-refractivity contribution in [2.75, 3.05) is 77.3 Å². The van der Waals surface area contributed by atoms with Crippen molar-refractivity contribution in [3.8, 4) is 28.8 Å². The maximum atomic E-state index is 13.9. The highest BCUT2D eigenvalue weighted by atomic mass is 19.4. The van der Waals surface area contributed by atoms with Gasteiger partial charge in [0.1, 0.15) is 17.8 Å². The van der Waals surface area contributed by atoms with E-state index in [0.29, 0.717) is 91.2 Å². The van der Waals surface area contributed by atoms with Gasteiger partial charge in [-0.15, -0.1) is 0 Å². The van der Waals surface area contributed by atoms with Gasteiger partial charge in [-0.3, -0.25) is 28.4 Å². The molecule has 9 rings (SSSR count). The Balaban J connectivity index is 0.691. The number of hydrogen-bond donors (Lipinski definition) is 5. The summed E-state index contributed by atoms with van der Waals surface area (Å²) in [5.74, 6) is 6.04. The number of methoxy groups -OCH3 is 1. The smallest absolute Gasteiger partial charge is 0.406 e. The van der Waals surface area contributed by atoms with Crippen LogP contribution in [-0.2, 0) is 41.0 Å². The lowest BCUT2D eigenvalue weighted by atomic mass is 9.90. The van der Waals surface area contributed by atoms with Gasteiger partial charge in [-0.25, -0.2) is 4.98 Å². The van der Waals surface area contributed by atoms with Crippen molar-refractivity contribution < 1.29 is 42.1 Å². The monoisotopic (exact) mass is 1130 g/mol. The zero-order valence-corrected chi connectivity index (χ0v) is 46.7. The van der Waals surface area contributed by atoms with E-state index in [1.54, 1.807) is 53.0 Å². The summed E-state index contributed by atoms with van der Waals surface area (Å²) >= 11 is 0. The van der Waals surface area contributed by atoms with Gasteiger partial charge in [0.05, 0.1) is 67.9 Å². The zero-order valence-electron chi connectivity index (χ0n) is 46.7. The number of aliphatic hydroxyl groups is 1. The van der Waals surface area contributed by atoms with Crippen molar-refractivity contribution in [3.05, 3.63) is 136 Å². The first-order valence-corrected chi connectivity index (χ1v) is 27.7. The van der Waals surface area contributed by atoms with Gasteiger partial charge in [-0.2, -0.15) is 18.3 Å². The van der Waals surface area contributed by atoms with Gasteiger partial charge >= 0.3 is 6.18 Å². The number of rotatable bonds is 21. The van der Waals surface area contributed by atoms with E-state index in [1.165, 1.54) is 29.6 Å². The third kappa shape index (κ3) is 14.5. The summed E-state index contributed by atoms with van der Waals surface area (Å²) in [7, 11) is 4.77. The fraction of sp³-hybridized carbons (Fsp3) is 0.410. The molecule has 0 saturated carbocycles. The molecule has 1 atom stereocenters. The van der Waals surface area contributed by atoms with Gasteiger partial charge in [0.25, 0.3) is 11.5 Å². The van der Waals surface area contributed by atoms with E-state index >= 15 is 0 Å². The Kier molecular flexibility index (Phi) is 18.6. The number of aryl methyl sites for hydroxylation is 1. The van der Waals surface area contributed by atoms with E-state index < -0.39 is 18.3 Å². The van der Waals surface area contributed by atoms with Crippen molar-refractivity contribution >= 4 is 51.0 Å². The van der Waals surface area contributed by atoms with Crippen LogP contribution in [0, 0.1) is 11.8 Å². The van der Waals surface area contributed by atoms with Gasteiger partial charge < -0.3 is 50.2 Å². The van der Waals surface area contributed by atoms with Crippen molar-refractivity contribution in [1.82, 2.24) is 44.3 Å². The predicted octanol–water partition coefficient (Wildman–Crippen LogP) is 7.29. The van der Waals surface area contributed by atoms with Gasteiger partial charge in [-0.05, 0) is 85.0 Å². The highest BCUT2D eigenvalue weighted by molar-refractivity contribution is 5.95. The fourth-order valence-corrected chi connectivity index (χ4v) is 10.8. The average Bonchev–Trinajstić information content (AvgIpc) is 4.09. The van der Waals surface area contributed by atoms with E-state index in [-0.39, 0.29) is 72.6 Å². The Morgan fingerprint density at radius 3 is 2.39 bits per heavy atom. The number of benzene rings is 4. The van der Waals surface area contributed by atoms with Crippen LogP contribution in [-0.4, -0.2) is 141 Å². The molecule has 432 valence electrons. The van der Waals surface area contributed by atoms with Crippen LogP contribution in [0.1, 0.15) is 78.5 Å². The summed E-state index contributed by atoms with van der Waals surface area (Å²) in [6, 6.07) is 29.6.